The summed E-state index contributed by atoms with van der Waals surface area (Å²) in [5.74, 6) is -0.719. The molecule has 26 heavy (non-hydrogen) atoms. The van der Waals surface area contributed by atoms with E-state index in [0.717, 1.165) is 15.6 Å². The second-order valence-electron chi connectivity index (χ2n) is 5.40. The zero-order valence-electron chi connectivity index (χ0n) is 14.0. The van der Waals surface area contributed by atoms with Crippen molar-refractivity contribution in [1.29, 1.82) is 0 Å². The van der Waals surface area contributed by atoms with Crippen LogP contribution in [0.15, 0.2) is 64.5 Å². The van der Waals surface area contributed by atoms with Gasteiger partial charge in [0.05, 0.1) is 6.61 Å². The van der Waals surface area contributed by atoms with Gasteiger partial charge in [-0.1, -0.05) is 46.3 Å². The molecule has 0 fully saturated rings. The Morgan fingerprint density at radius 2 is 1.77 bits per heavy atom. The Balaban J connectivity index is 1.96. The van der Waals surface area contributed by atoms with Crippen molar-refractivity contribution in [2.75, 3.05) is 11.9 Å². The fraction of sp³-hybridized carbons (Fsp3) is 0.100. The number of carbonyl (C=O) groups is 2. The SMILES string of the molecule is CCOC(=O)c1c(-c2ccccc2)csc1NC(=O)c1ccc(Br)cc1. The van der Waals surface area contributed by atoms with Crippen LogP contribution in [-0.4, -0.2) is 18.5 Å². The molecule has 132 valence electrons. The minimum absolute atomic E-state index is 0.267. The molecule has 4 nitrogen and oxygen atoms in total. The quantitative estimate of drug-likeness (QED) is 0.536. The highest BCUT2D eigenvalue weighted by Gasteiger charge is 2.23. The fourth-order valence-electron chi connectivity index (χ4n) is 2.46. The zero-order chi connectivity index (χ0) is 18.5. The van der Waals surface area contributed by atoms with Gasteiger partial charge in [-0.25, -0.2) is 4.79 Å². The third-order valence-electron chi connectivity index (χ3n) is 3.69. The molecule has 1 N–H and O–H groups in total. The van der Waals surface area contributed by atoms with Crippen LogP contribution >= 0.6 is 27.3 Å². The Morgan fingerprint density at radius 1 is 1.08 bits per heavy atom. The van der Waals surface area contributed by atoms with Crippen LogP contribution in [-0.2, 0) is 4.74 Å². The molecule has 0 atom stereocenters. The number of rotatable bonds is 5. The Morgan fingerprint density at radius 3 is 2.42 bits per heavy atom. The molecule has 0 aliphatic heterocycles. The van der Waals surface area contributed by atoms with E-state index >= 15 is 0 Å². The maximum Gasteiger partial charge on any atom is 0.341 e. The summed E-state index contributed by atoms with van der Waals surface area (Å²) in [5.41, 5.74) is 2.54. The summed E-state index contributed by atoms with van der Waals surface area (Å²) in [7, 11) is 0. The average Bonchev–Trinajstić information content (AvgIpc) is 3.07. The molecule has 1 aromatic heterocycles. The van der Waals surface area contributed by atoms with Gasteiger partial charge in [-0.3, -0.25) is 4.79 Å². The molecule has 0 radical (unpaired) electrons. The predicted molar refractivity (Wildman–Crippen MR) is 108 cm³/mol. The van der Waals surface area contributed by atoms with Crippen molar-refractivity contribution in [3.05, 3.63) is 75.6 Å². The topological polar surface area (TPSA) is 55.4 Å². The van der Waals surface area contributed by atoms with Gasteiger partial charge in [0.15, 0.2) is 0 Å². The number of hydrogen-bond donors (Lipinski definition) is 1. The van der Waals surface area contributed by atoms with Gasteiger partial charge in [0, 0.05) is 21.0 Å². The van der Waals surface area contributed by atoms with Crippen LogP contribution in [0.1, 0.15) is 27.6 Å². The average molecular weight is 430 g/mol. The van der Waals surface area contributed by atoms with Crippen molar-refractivity contribution in [1.82, 2.24) is 0 Å². The van der Waals surface area contributed by atoms with Gasteiger partial charge in [0.25, 0.3) is 5.91 Å². The van der Waals surface area contributed by atoms with Crippen LogP contribution in [0.3, 0.4) is 0 Å². The Hall–Kier alpha value is -2.44. The van der Waals surface area contributed by atoms with Crippen molar-refractivity contribution >= 4 is 44.1 Å². The molecule has 3 rings (SSSR count). The second kappa shape index (κ2) is 8.29. The van der Waals surface area contributed by atoms with Crippen molar-refractivity contribution in [3.63, 3.8) is 0 Å². The van der Waals surface area contributed by atoms with Crippen molar-refractivity contribution in [2.24, 2.45) is 0 Å². The largest absolute Gasteiger partial charge is 0.462 e. The van der Waals surface area contributed by atoms with Gasteiger partial charge >= 0.3 is 5.97 Å². The highest BCUT2D eigenvalue weighted by Crippen LogP contribution is 2.36. The van der Waals surface area contributed by atoms with Crippen molar-refractivity contribution < 1.29 is 14.3 Å². The molecule has 0 bridgehead atoms. The summed E-state index contributed by atoms with van der Waals surface area (Å²) in [6.07, 6.45) is 0. The Bertz CT molecular complexity index is 920. The number of esters is 1. The summed E-state index contributed by atoms with van der Waals surface area (Å²) >= 11 is 4.66. The zero-order valence-corrected chi connectivity index (χ0v) is 16.4. The van der Waals surface area contributed by atoms with Crippen molar-refractivity contribution in [2.45, 2.75) is 6.92 Å². The van der Waals surface area contributed by atoms with Gasteiger partial charge in [0.1, 0.15) is 10.6 Å². The van der Waals surface area contributed by atoms with E-state index in [9.17, 15) is 9.59 Å². The second-order valence-corrected chi connectivity index (χ2v) is 7.20. The monoisotopic (exact) mass is 429 g/mol. The normalized spacial score (nSPS) is 10.4. The lowest BCUT2D eigenvalue weighted by atomic mass is 10.0. The van der Waals surface area contributed by atoms with Crippen LogP contribution in [0.4, 0.5) is 5.00 Å². The molecular weight excluding hydrogens is 414 g/mol. The summed E-state index contributed by atoms with van der Waals surface area (Å²) in [4.78, 5) is 25.0. The first-order valence-electron chi connectivity index (χ1n) is 8.01. The summed E-state index contributed by atoms with van der Waals surface area (Å²) < 4.78 is 6.09. The number of carbonyl (C=O) groups excluding carboxylic acids is 2. The van der Waals surface area contributed by atoms with Gasteiger partial charge in [-0.05, 0) is 36.8 Å². The number of amides is 1. The van der Waals surface area contributed by atoms with E-state index in [1.807, 2.05) is 35.7 Å². The lowest BCUT2D eigenvalue weighted by Crippen LogP contribution is -2.14. The highest BCUT2D eigenvalue weighted by atomic mass is 79.9. The first kappa shape index (κ1) is 18.4. The molecule has 0 aliphatic carbocycles. The number of ether oxygens (including phenoxy) is 1. The number of benzene rings is 2. The van der Waals surface area contributed by atoms with E-state index in [1.54, 1.807) is 31.2 Å². The first-order valence-corrected chi connectivity index (χ1v) is 9.68. The predicted octanol–water partition coefficient (Wildman–Crippen LogP) is 5.61. The standard InChI is InChI=1S/C20H16BrNO3S/c1-2-25-20(24)17-16(13-6-4-3-5-7-13)12-26-19(17)22-18(23)14-8-10-15(21)11-9-14/h3-12H,2H2,1H3,(H,22,23). The van der Waals surface area contributed by atoms with Gasteiger partial charge in [-0.15, -0.1) is 11.3 Å². The van der Waals surface area contributed by atoms with Gasteiger partial charge in [-0.2, -0.15) is 0 Å². The molecule has 0 unspecified atom stereocenters. The third kappa shape index (κ3) is 4.03. The molecule has 3 aromatic rings. The lowest BCUT2D eigenvalue weighted by Gasteiger charge is -2.09. The molecule has 1 heterocycles. The molecule has 0 spiro atoms. The summed E-state index contributed by atoms with van der Waals surface area (Å²) in [6.45, 7) is 2.02. The van der Waals surface area contributed by atoms with E-state index in [1.165, 1.54) is 11.3 Å². The van der Waals surface area contributed by atoms with E-state index in [4.69, 9.17) is 4.74 Å². The molecule has 0 saturated carbocycles. The van der Waals surface area contributed by atoms with E-state index < -0.39 is 5.97 Å². The number of thiophene rings is 1. The third-order valence-corrected chi connectivity index (χ3v) is 5.11. The maximum absolute atomic E-state index is 12.5. The lowest BCUT2D eigenvalue weighted by molar-refractivity contribution is 0.0529. The minimum Gasteiger partial charge on any atom is -0.462 e. The minimum atomic E-state index is -0.446. The van der Waals surface area contributed by atoms with Gasteiger partial charge in [0.2, 0.25) is 0 Å². The Labute approximate surface area is 163 Å². The summed E-state index contributed by atoms with van der Waals surface area (Å²) in [6, 6.07) is 16.6. The van der Waals surface area contributed by atoms with Gasteiger partial charge < -0.3 is 10.1 Å². The van der Waals surface area contributed by atoms with Crippen LogP contribution in [0, 0.1) is 0 Å². The molecule has 1 amide bonds. The molecule has 6 heteroatoms. The number of anilines is 1. The summed E-state index contributed by atoms with van der Waals surface area (Å²) in [5, 5.41) is 5.18. The van der Waals surface area contributed by atoms with Crippen LogP contribution in [0.25, 0.3) is 11.1 Å². The van der Waals surface area contributed by atoms with E-state index in [-0.39, 0.29) is 12.5 Å². The van der Waals surface area contributed by atoms with Crippen molar-refractivity contribution in [3.8, 4) is 11.1 Å². The molecule has 2 aromatic carbocycles. The van der Waals surface area contributed by atoms with Crippen LogP contribution in [0.2, 0.25) is 0 Å². The molecule has 0 saturated heterocycles. The molecular formula is C20H16BrNO3S. The highest BCUT2D eigenvalue weighted by molar-refractivity contribution is 9.10. The first-order chi connectivity index (χ1) is 12.6. The smallest absolute Gasteiger partial charge is 0.341 e. The van der Waals surface area contributed by atoms with E-state index in [2.05, 4.69) is 21.2 Å². The molecule has 0 aliphatic rings. The number of nitrogens with one attached hydrogen (secondary N) is 1. The number of hydrogen-bond acceptors (Lipinski definition) is 4. The maximum atomic E-state index is 12.5. The van der Waals surface area contributed by atoms with Crippen LogP contribution < -0.4 is 5.32 Å². The number of halogens is 1. The van der Waals surface area contributed by atoms with Crippen LogP contribution in [0.5, 0.6) is 0 Å². The fourth-order valence-corrected chi connectivity index (χ4v) is 3.68. The Kier molecular flexibility index (Phi) is 5.85. The van der Waals surface area contributed by atoms with E-state index in [0.29, 0.717) is 16.1 Å².